The standard InChI is InChI=1S/C56H109N3O36P4S4/c1-38(63)57-44-50(69)47(66)41(31-60)93-53(44)83-21-7-11-25-87-97(74,101)88-28-14-18-80-35-56(34-79-17-6-10-24-86-96(72,73)100,36-81-19-15-29-91-98(75,102-77-4)89-26-12-8-22-84-54-45(58-39(2)64)51(70)48(67)42(32-61)94-54)37-82-20-16-30-92-99(76,103-78-5)90-27-13-9-23-85-55-46(59-40(3)65)52(71)49(68)43(33-62)95-55/h41-55,60-62,66-71H,6-37H2,1-5H3,(H,57,63)(H,58,64)(H,59,65)(H,74,101)(H2,72,73,100). The van der Waals surface area contributed by atoms with E-state index in [1.54, 1.807) is 0 Å². The van der Waals surface area contributed by atoms with Gasteiger partial charge < -0.3 is 136 Å². The Morgan fingerprint density at radius 1 is 0.398 bits per heavy atom. The number of carbonyl (C=O) groups excluding carboxylic acids is 3. The van der Waals surface area contributed by atoms with E-state index in [1.807, 2.05) is 0 Å². The van der Waals surface area contributed by atoms with Gasteiger partial charge in [0.1, 0.15) is 96.4 Å². The zero-order valence-electron chi connectivity index (χ0n) is 58.4. The molecule has 13 N–H and O–H groups in total. The Balaban J connectivity index is 1.64. The van der Waals surface area contributed by atoms with Gasteiger partial charge in [0, 0.05) is 67.0 Å². The summed E-state index contributed by atoms with van der Waals surface area (Å²) in [5, 5.41) is 98.8. The maximum Gasteiger partial charge on any atom is 0.415 e. The number of amides is 3. The number of rotatable bonds is 60. The largest absolute Gasteiger partial charge is 0.415 e. The molecular formula is C56H109N3O36P4S4. The van der Waals surface area contributed by atoms with Crippen LogP contribution >= 0.6 is 75.0 Å². The molecule has 47 heteroatoms. The van der Waals surface area contributed by atoms with E-state index in [-0.39, 0.29) is 151 Å². The predicted molar refractivity (Wildman–Crippen MR) is 372 cm³/mol. The van der Waals surface area contributed by atoms with Crippen LogP contribution in [0.4, 0.5) is 0 Å². The Kier molecular flexibility index (Phi) is 49.5. The minimum absolute atomic E-state index is 0.0145. The second-order valence-electron chi connectivity index (χ2n) is 23.7. The highest BCUT2D eigenvalue weighted by molar-refractivity contribution is 8.53. The van der Waals surface area contributed by atoms with Crippen molar-refractivity contribution in [3.8, 4) is 0 Å². The maximum atomic E-state index is 13.7. The molecule has 3 aliphatic heterocycles. The van der Waals surface area contributed by atoms with E-state index in [4.69, 9.17) is 87.4 Å². The number of carbonyl (C=O) groups is 3. The summed E-state index contributed by atoms with van der Waals surface area (Å²) in [4.78, 5) is 44.9. The molecule has 0 aromatic rings. The van der Waals surface area contributed by atoms with Gasteiger partial charge in [0.05, 0.1) is 112 Å². The van der Waals surface area contributed by atoms with E-state index in [1.165, 1.54) is 35.0 Å². The molecule has 0 bridgehead atoms. The molecule has 0 saturated carbocycles. The molecule has 3 fully saturated rings. The summed E-state index contributed by atoms with van der Waals surface area (Å²) >= 11 is 8.62. The Morgan fingerprint density at radius 2 is 0.650 bits per heavy atom. The van der Waals surface area contributed by atoms with Gasteiger partial charge in [-0.05, 0) is 70.6 Å². The number of aliphatic hydroxyl groups excluding tert-OH is 9. The van der Waals surface area contributed by atoms with Gasteiger partial charge in [0.15, 0.2) is 18.9 Å². The zero-order valence-corrected chi connectivity index (χ0v) is 65.4. The molecule has 19 atom stereocenters. The molecule has 3 aliphatic rings. The van der Waals surface area contributed by atoms with Crippen molar-refractivity contribution in [1.82, 2.24) is 16.0 Å². The van der Waals surface area contributed by atoms with Crippen LogP contribution in [0.5, 0.6) is 0 Å². The number of thiol groups is 2. The fourth-order valence-corrected chi connectivity index (χ4v) is 16.4. The molecule has 0 aliphatic carbocycles. The van der Waals surface area contributed by atoms with Crippen LogP contribution < -0.4 is 16.0 Å². The van der Waals surface area contributed by atoms with Gasteiger partial charge in [-0.25, -0.2) is 18.3 Å². The lowest BCUT2D eigenvalue weighted by molar-refractivity contribution is -0.270. The highest BCUT2D eigenvalue weighted by atomic mass is 32.7. The summed E-state index contributed by atoms with van der Waals surface area (Å²) in [7, 11) is 2.56. The van der Waals surface area contributed by atoms with Crippen molar-refractivity contribution < 1.29 is 171 Å². The molecular weight excluding hydrogens is 1540 g/mol. The van der Waals surface area contributed by atoms with Crippen molar-refractivity contribution >= 4 is 92.7 Å². The summed E-state index contributed by atoms with van der Waals surface area (Å²) < 4.78 is 159. The molecule has 103 heavy (non-hydrogen) atoms. The van der Waals surface area contributed by atoms with E-state index in [9.17, 15) is 83.5 Å². The van der Waals surface area contributed by atoms with Crippen LogP contribution in [0.25, 0.3) is 0 Å². The van der Waals surface area contributed by atoms with E-state index in [0.717, 1.165) is 0 Å². The van der Waals surface area contributed by atoms with Crippen molar-refractivity contribution in [3.63, 3.8) is 0 Å². The molecule has 3 rings (SSSR count). The van der Waals surface area contributed by atoms with Crippen LogP contribution in [0.2, 0.25) is 0 Å². The molecule has 0 spiro atoms. The monoisotopic (exact) mass is 1650 g/mol. The number of ether oxygens (including phenoxy) is 10. The quantitative estimate of drug-likeness (QED) is 0.0176. The predicted octanol–water partition coefficient (Wildman–Crippen LogP) is 1.20. The fraction of sp³-hybridized carbons (Fsp3) is 0.946. The third kappa shape index (κ3) is 39.1. The first-order chi connectivity index (χ1) is 48.9. The second kappa shape index (κ2) is 52.7. The summed E-state index contributed by atoms with van der Waals surface area (Å²) in [5.41, 5.74) is -1.08. The van der Waals surface area contributed by atoms with Crippen LogP contribution in [0.1, 0.15) is 91.4 Å². The number of nitrogens with one attached hydrogen (secondary N) is 3. The Hall–Kier alpha value is -0.430. The van der Waals surface area contributed by atoms with Gasteiger partial charge in [-0.15, -0.1) is 0 Å². The van der Waals surface area contributed by atoms with E-state index in [0.29, 0.717) is 61.9 Å². The van der Waals surface area contributed by atoms with Gasteiger partial charge in [-0.1, -0.05) is 24.5 Å². The van der Waals surface area contributed by atoms with Crippen molar-refractivity contribution in [2.75, 3.05) is 153 Å². The lowest BCUT2D eigenvalue weighted by Crippen LogP contribution is -2.64. The molecule has 39 nitrogen and oxygen atoms in total. The first-order valence-electron chi connectivity index (χ1n) is 33.3. The van der Waals surface area contributed by atoms with Crippen LogP contribution in [0, 0.1) is 5.41 Å². The highest BCUT2D eigenvalue weighted by Crippen LogP contribution is 2.62. The number of unbranched alkanes of at least 4 members (excludes halogenated alkanes) is 4. The summed E-state index contributed by atoms with van der Waals surface area (Å²) in [5.74, 6) is -1.55. The molecule has 3 amide bonds. The Labute approximate surface area is 618 Å². The van der Waals surface area contributed by atoms with Gasteiger partial charge in [0.2, 0.25) is 17.7 Å². The van der Waals surface area contributed by atoms with Gasteiger partial charge in [0.25, 0.3) is 0 Å². The Bertz CT molecular complexity index is 2450. The molecule has 0 aromatic heterocycles. The van der Waals surface area contributed by atoms with Crippen molar-refractivity contribution in [2.45, 2.75) is 183 Å². The average Bonchev–Trinajstić information content (AvgIpc) is 0.819. The number of aliphatic hydroxyl groups is 9. The summed E-state index contributed by atoms with van der Waals surface area (Å²) in [6, 6.07) is -3.40. The van der Waals surface area contributed by atoms with Gasteiger partial charge in [-0.3, -0.25) is 32.5 Å². The lowest BCUT2D eigenvalue weighted by Gasteiger charge is -2.42. The Morgan fingerprint density at radius 3 is 0.932 bits per heavy atom. The number of hydrogen-bond acceptors (Lipinski definition) is 37. The van der Waals surface area contributed by atoms with Gasteiger partial charge in [-0.2, -0.15) is 0 Å². The average molecular weight is 1650 g/mol. The highest BCUT2D eigenvalue weighted by Gasteiger charge is 2.48. The van der Waals surface area contributed by atoms with Crippen LogP contribution in [-0.4, -0.2) is 313 Å². The minimum Gasteiger partial charge on any atom is -0.394 e. The normalized spacial score (nSPS) is 28.3. The van der Waals surface area contributed by atoms with E-state index < -0.39 is 162 Å². The summed E-state index contributed by atoms with van der Waals surface area (Å²) in [6.45, 7) is -14.7. The molecule has 0 aromatic carbocycles. The van der Waals surface area contributed by atoms with Crippen molar-refractivity contribution in [3.05, 3.63) is 0 Å². The van der Waals surface area contributed by atoms with E-state index >= 15 is 0 Å². The van der Waals surface area contributed by atoms with Crippen LogP contribution in [-0.2, 0) is 120 Å². The van der Waals surface area contributed by atoms with Crippen LogP contribution in [0.3, 0.4) is 0 Å². The molecule has 19 unspecified atom stereocenters. The third-order valence-electron chi connectivity index (χ3n) is 14.9. The SMILES string of the molecule is COSP(=O)(OCCCCOC1OC(CO)C(O)C(O)C1NC(C)=O)OCCCOCC(COCCCCOP(=O)(O)S)(COCCCOP(=O)(S)OCCCCOC1OC(CO)C(O)C(O)C1NC(C)=O)COCCCOP(=O)(OCCCCOC1OC(CO)C(O)C(O)C1NC(C)=O)SOC. The fourth-order valence-electron chi connectivity index (χ4n) is 9.87. The first kappa shape index (κ1) is 96.8. The smallest absolute Gasteiger partial charge is 0.394 e. The zero-order chi connectivity index (χ0) is 76.5. The topological polar surface area (TPSA) is 533 Å². The molecule has 3 saturated heterocycles. The number of hydrogen-bond donors (Lipinski definition) is 15. The molecule has 0 radical (unpaired) electrons. The van der Waals surface area contributed by atoms with E-state index in [2.05, 4.69) is 40.4 Å². The first-order valence-corrected chi connectivity index (χ1v) is 44.5. The van der Waals surface area contributed by atoms with Crippen molar-refractivity contribution in [2.24, 2.45) is 5.41 Å². The lowest BCUT2D eigenvalue weighted by atomic mass is 9.92. The molecule has 3 heterocycles. The van der Waals surface area contributed by atoms with Gasteiger partial charge >= 0.3 is 27.2 Å². The maximum absolute atomic E-state index is 13.7. The van der Waals surface area contributed by atoms with Crippen molar-refractivity contribution in [1.29, 1.82) is 0 Å². The molecule has 608 valence electrons. The summed E-state index contributed by atoms with van der Waals surface area (Å²) in [6.07, 6.45) is -13.0. The third-order valence-corrected chi connectivity index (χ3v) is 23.4. The minimum atomic E-state index is -4.03. The second-order valence-corrected chi connectivity index (χ2v) is 36.7. The van der Waals surface area contributed by atoms with Crippen LogP contribution in [0.15, 0.2) is 0 Å².